The molecule has 67 heavy (non-hydrogen) atoms. The SMILES string of the molecule is O=C(CCCC(=O)NCCc1cccc(N2C[C@H]3C[C@@H]2CN3/C=C/C(=O)c2ccccc2O)c1)NCCCCCCCCNC(=O)COc1cccc2c1C(=O)N(C1CCC(=O)NC1=O)C2=O. The predicted molar refractivity (Wildman–Crippen MR) is 247 cm³/mol. The zero-order chi connectivity index (χ0) is 47.3. The maximum Gasteiger partial charge on any atom is 0.266 e. The lowest BCUT2D eigenvalue weighted by Crippen LogP contribution is -2.54. The van der Waals surface area contributed by atoms with Crippen molar-refractivity contribution in [2.75, 3.05) is 44.2 Å². The van der Waals surface area contributed by atoms with E-state index in [0.717, 1.165) is 74.2 Å². The Balaban J connectivity index is 0.676. The van der Waals surface area contributed by atoms with Crippen LogP contribution in [0.1, 0.15) is 114 Å². The lowest BCUT2D eigenvalue weighted by molar-refractivity contribution is -0.136. The number of phenols is 1. The molecule has 3 aromatic rings. The van der Waals surface area contributed by atoms with Gasteiger partial charge in [-0.3, -0.25) is 48.6 Å². The van der Waals surface area contributed by atoms with Crippen molar-refractivity contribution in [3.63, 3.8) is 0 Å². The Morgan fingerprint density at radius 3 is 2.16 bits per heavy atom. The number of anilines is 1. The number of unbranched alkanes of at least 4 members (excludes halogenated alkanes) is 5. The predicted octanol–water partition coefficient (Wildman–Crippen LogP) is 3.93. The lowest BCUT2D eigenvalue weighted by Gasteiger charge is -2.35. The van der Waals surface area contributed by atoms with Gasteiger partial charge in [0.15, 0.2) is 12.4 Å². The van der Waals surface area contributed by atoms with Gasteiger partial charge < -0.3 is 35.6 Å². The van der Waals surface area contributed by atoms with Crippen LogP contribution in [0.5, 0.6) is 11.5 Å². The molecule has 4 aliphatic rings. The summed E-state index contributed by atoms with van der Waals surface area (Å²) in [4.78, 5) is 106. The number of phenolic OH excluding ortho intramolecular Hbond substituents is 1. The average Bonchev–Trinajstić information content (AvgIpc) is 4.00. The van der Waals surface area contributed by atoms with Crippen LogP contribution < -0.4 is 30.9 Å². The molecule has 17 heteroatoms. The molecule has 4 aliphatic heterocycles. The number of ketones is 1. The summed E-state index contributed by atoms with van der Waals surface area (Å²) in [6.45, 7) is 2.86. The number of piperazine rings is 1. The van der Waals surface area contributed by atoms with Gasteiger partial charge in [-0.25, -0.2) is 0 Å². The molecule has 1 unspecified atom stereocenters. The first kappa shape index (κ1) is 47.9. The maximum atomic E-state index is 13.2. The molecule has 3 aromatic carbocycles. The Morgan fingerprint density at radius 1 is 0.746 bits per heavy atom. The maximum absolute atomic E-state index is 13.2. The van der Waals surface area contributed by atoms with Crippen molar-refractivity contribution in [3.8, 4) is 11.5 Å². The molecule has 0 radical (unpaired) electrons. The number of likely N-dealkylation sites (tertiary alicyclic amines) is 1. The first-order valence-corrected chi connectivity index (χ1v) is 23.4. The molecule has 7 rings (SSSR count). The normalized spacial score (nSPS) is 18.6. The zero-order valence-electron chi connectivity index (χ0n) is 37.6. The number of ether oxygens (including phenoxy) is 1. The van der Waals surface area contributed by atoms with Gasteiger partial charge >= 0.3 is 0 Å². The highest BCUT2D eigenvalue weighted by molar-refractivity contribution is 6.24. The molecule has 7 amide bonds. The molecule has 0 spiro atoms. The fourth-order valence-corrected chi connectivity index (χ4v) is 9.17. The largest absolute Gasteiger partial charge is 0.507 e. The van der Waals surface area contributed by atoms with Crippen LogP contribution in [-0.2, 0) is 30.4 Å². The van der Waals surface area contributed by atoms with E-state index in [2.05, 4.69) is 49.3 Å². The topological polar surface area (TPSA) is 224 Å². The number of carbonyl (C=O) groups excluding carboxylic acids is 8. The molecule has 3 fully saturated rings. The molecular formula is C50H59N7O10. The number of nitrogens with zero attached hydrogens (tertiary/aromatic N) is 3. The molecule has 0 saturated carbocycles. The fourth-order valence-electron chi connectivity index (χ4n) is 9.17. The molecule has 17 nitrogen and oxygen atoms in total. The van der Waals surface area contributed by atoms with E-state index in [0.29, 0.717) is 56.5 Å². The van der Waals surface area contributed by atoms with E-state index in [-0.39, 0.29) is 72.0 Å². The Bertz CT molecular complexity index is 2390. The van der Waals surface area contributed by atoms with Crippen LogP contribution in [0.3, 0.4) is 0 Å². The number of fused-ring (bicyclic) bond motifs is 3. The molecule has 5 N–H and O–H groups in total. The second-order valence-corrected chi connectivity index (χ2v) is 17.4. The molecule has 3 saturated heterocycles. The van der Waals surface area contributed by atoms with Gasteiger partial charge in [0, 0.05) is 82.0 Å². The van der Waals surface area contributed by atoms with Crippen LogP contribution in [0.4, 0.5) is 5.69 Å². The number of aromatic hydroxyl groups is 1. The Labute approximate surface area is 389 Å². The minimum absolute atomic E-state index is 0.00919. The van der Waals surface area contributed by atoms with Gasteiger partial charge in [-0.2, -0.15) is 0 Å². The van der Waals surface area contributed by atoms with Crippen molar-refractivity contribution in [1.29, 1.82) is 0 Å². The summed E-state index contributed by atoms with van der Waals surface area (Å²) in [5.74, 6) is -3.19. The summed E-state index contributed by atoms with van der Waals surface area (Å²) in [5.41, 5.74) is 2.65. The van der Waals surface area contributed by atoms with E-state index in [4.69, 9.17) is 4.74 Å². The molecule has 3 atom stereocenters. The zero-order valence-corrected chi connectivity index (χ0v) is 37.6. The number of piperidine rings is 1. The number of benzene rings is 3. The summed E-state index contributed by atoms with van der Waals surface area (Å²) in [5, 5.41) is 20.9. The third-order valence-corrected chi connectivity index (χ3v) is 12.7. The van der Waals surface area contributed by atoms with Gasteiger partial charge in [0.05, 0.1) is 16.7 Å². The number of hydrogen-bond acceptors (Lipinski definition) is 12. The third kappa shape index (κ3) is 12.4. The minimum atomic E-state index is -1.10. The monoisotopic (exact) mass is 917 g/mol. The van der Waals surface area contributed by atoms with Gasteiger partial charge in [0.25, 0.3) is 17.7 Å². The second kappa shape index (κ2) is 22.9. The Hall–Kier alpha value is -7.04. The van der Waals surface area contributed by atoms with E-state index >= 15 is 0 Å². The number of carbonyl (C=O) groups is 8. The van der Waals surface area contributed by atoms with Gasteiger partial charge in [0.2, 0.25) is 23.6 Å². The highest BCUT2D eigenvalue weighted by Gasteiger charge is 2.46. The first-order chi connectivity index (χ1) is 32.5. The Morgan fingerprint density at radius 2 is 1.45 bits per heavy atom. The Kier molecular flexibility index (Phi) is 16.4. The number of nitrogens with one attached hydrogen (secondary N) is 4. The van der Waals surface area contributed by atoms with Crippen LogP contribution in [-0.4, -0.2) is 119 Å². The fraction of sp³-hybridized carbons (Fsp3) is 0.440. The summed E-state index contributed by atoms with van der Waals surface area (Å²) < 4.78 is 5.63. The number of hydrogen-bond donors (Lipinski definition) is 5. The highest BCUT2D eigenvalue weighted by Crippen LogP contribution is 2.36. The lowest BCUT2D eigenvalue weighted by atomic mass is 10.0. The summed E-state index contributed by atoms with van der Waals surface area (Å²) in [6, 6.07) is 19.0. The average molecular weight is 918 g/mol. The van der Waals surface area contributed by atoms with Gasteiger partial charge in [-0.15, -0.1) is 0 Å². The summed E-state index contributed by atoms with van der Waals surface area (Å²) in [7, 11) is 0. The van der Waals surface area contributed by atoms with E-state index < -0.39 is 29.7 Å². The van der Waals surface area contributed by atoms with Crippen molar-refractivity contribution in [1.82, 2.24) is 31.1 Å². The van der Waals surface area contributed by atoms with Crippen LogP contribution in [0.15, 0.2) is 79.0 Å². The highest BCUT2D eigenvalue weighted by atomic mass is 16.5. The minimum Gasteiger partial charge on any atom is -0.507 e. The molecule has 0 aromatic heterocycles. The van der Waals surface area contributed by atoms with Gasteiger partial charge in [-0.05, 0) is 80.5 Å². The third-order valence-electron chi connectivity index (χ3n) is 12.7. The van der Waals surface area contributed by atoms with E-state index in [9.17, 15) is 43.5 Å². The van der Waals surface area contributed by atoms with Gasteiger partial charge in [-0.1, -0.05) is 56.0 Å². The number of rotatable bonds is 24. The van der Waals surface area contributed by atoms with Crippen LogP contribution in [0.2, 0.25) is 0 Å². The first-order valence-electron chi connectivity index (χ1n) is 23.4. The molecule has 2 bridgehead atoms. The van der Waals surface area contributed by atoms with Crippen molar-refractivity contribution in [2.24, 2.45) is 0 Å². The van der Waals surface area contributed by atoms with Crippen LogP contribution in [0, 0.1) is 0 Å². The van der Waals surface area contributed by atoms with Crippen LogP contribution in [0.25, 0.3) is 0 Å². The standard InChI is InChI=1S/C50H59N7O10/c58-40-16-6-5-14-37(40)41(59)23-27-55-30-36-29-35(55)31-56(36)34-13-9-12-33(28-34)22-26-53-44(61)19-11-18-43(60)51-24-7-3-1-2-4-8-25-52-46(63)32-67-42-17-10-15-38-47(42)50(66)57(49(38)65)39-20-21-45(62)54-48(39)64/h5-6,9-10,12-17,23,27-28,35-36,39,58H,1-4,7-8,11,18-22,24-26,29-32H2,(H,51,60)(H,52,63)(H,53,61)(H,54,62,64)/b27-23+/t35-,36-,39?/m1/s1. The van der Waals surface area contributed by atoms with Crippen molar-refractivity contribution >= 4 is 52.8 Å². The molecule has 354 valence electrons. The number of amides is 7. The van der Waals surface area contributed by atoms with Crippen molar-refractivity contribution in [3.05, 3.63) is 101 Å². The van der Waals surface area contributed by atoms with Gasteiger partial charge in [0.1, 0.15) is 17.5 Å². The van der Waals surface area contributed by atoms with Crippen molar-refractivity contribution in [2.45, 2.75) is 102 Å². The number of para-hydroxylation sites is 1. The molecule has 0 aliphatic carbocycles. The quantitative estimate of drug-likeness (QED) is 0.0373. The number of allylic oxidation sites excluding steroid dienone is 1. The van der Waals surface area contributed by atoms with Crippen molar-refractivity contribution < 1.29 is 48.2 Å². The number of imide groups is 2. The molecular weight excluding hydrogens is 859 g/mol. The summed E-state index contributed by atoms with van der Waals surface area (Å²) in [6.07, 6.45) is 11.7. The van der Waals surface area contributed by atoms with E-state index in [1.165, 1.54) is 30.3 Å². The van der Waals surface area contributed by atoms with E-state index in [1.807, 2.05) is 12.3 Å². The van der Waals surface area contributed by atoms with E-state index in [1.54, 1.807) is 18.2 Å². The van der Waals surface area contributed by atoms with Crippen LogP contribution >= 0.6 is 0 Å². The summed E-state index contributed by atoms with van der Waals surface area (Å²) >= 11 is 0. The smallest absolute Gasteiger partial charge is 0.266 e. The second-order valence-electron chi connectivity index (χ2n) is 17.4. The molecule has 4 heterocycles.